The minimum atomic E-state index is -0.221. The second-order valence-electron chi connectivity index (χ2n) is 7.96. The number of halogens is 2. The minimum Gasteiger partial charge on any atom is -0.444 e. The third kappa shape index (κ3) is 6.54. The molecule has 0 spiro atoms. The first-order valence-corrected chi connectivity index (χ1v) is 11.0. The van der Waals surface area contributed by atoms with Gasteiger partial charge >= 0.3 is 0 Å². The molecule has 6 nitrogen and oxygen atoms in total. The fourth-order valence-electron chi connectivity index (χ4n) is 3.98. The zero-order valence-electron chi connectivity index (χ0n) is 18.7. The number of ether oxygens (including phenoxy) is 1. The van der Waals surface area contributed by atoms with E-state index in [1.54, 1.807) is 6.26 Å². The number of rotatable bonds is 7. The Morgan fingerprint density at radius 2 is 1.79 bits per heavy atom. The first-order chi connectivity index (χ1) is 15.7. The molecule has 0 atom stereocenters. The number of guanidine groups is 1. The fourth-order valence-corrected chi connectivity index (χ4v) is 3.98. The van der Waals surface area contributed by atoms with Crippen LogP contribution in [0.1, 0.15) is 31.0 Å². The molecular formula is C25H30FIN4O2. The number of hydrogen-bond donors (Lipinski definition) is 2. The van der Waals surface area contributed by atoms with E-state index < -0.39 is 0 Å². The lowest BCUT2D eigenvalue weighted by Crippen LogP contribution is -2.48. The van der Waals surface area contributed by atoms with Crippen molar-refractivity contribution in [2.24, 2.45) is 4.99 Å². The average Bonchev–Trinajstić information content (AvgIpc) is 3.32. The molecule has 0 unspecified atom stereocenters. The van der Waals surface area contributed by atoms with Crippen LogP contribution in [0.2, 0.25) is 0 Å². The summed E-state index contributed by atoms with van der Waals surface area (Å²) in [7, 11) is 0. The zero-order chi connectivity index (χ0) is 22.2. The summed E-state index contributed by atoms with van der Waals surface area (Å²) in [6.45, 7) is 5.24. The molecule has 176 valence electrons. The van der Waals surface area contributed by atoms with Crippen LogP contribution < -0.4 is 10.6 Å². The molecule has 0 aliphatic carbocycles. The van der Waals surface area contributed by atoms with Crippen LogP contribution in [0.25, 0.3) is 11.5 Å². The number of nitrogens with one attached hydrogen (secondary N) is 2. The predicted molar refractivity (Wildman–Crippen MR) is 138 cm³/mol. The highest BCUT2D eigenvalue weighted by atomic mass is 127. The SMILES string of the molecule is CCNC(=NCc1coc(-c2ccccc2)n1)NCC1(c2ccc(F)cc2)CCOCC1.I. The average molecular weight is 564 g/mol. The van der Waals surface area contributed by atoms with Crippen LogP contribution in [0.4, 0.5) is 4.39 Å². The Balaban J connectivity index is 0.00000306. The molecule has 4 rings (SSSR count). The standard InChI is InChI=1S/C25H29FN4O2.HI/c1-2-27-24(28-16-22-17-32-23(30-22)19-6-4-3-5-7-19)29-18-25(12-14-31-15-13-25)20-8-10-21(26)11-9-20;/h3-11,17H,2,12-16,18H2,1H3,(H2,27,28,29);1H. The summed E-state index contributed by atoms with van der Waals surface area (Å²) in [5, 5.41) is 6.78. The number of hydrogen-bond acceptors (Lipinski definition) is 4. The van der Waals surface area contributed by atoms with Crippen LogP contribution in [0.5, 0.6) is 0 Å². The van der Waals surface area contributed by atoms with Crippen molar-refractivity contribution < 1.29 is 13.5 Å². The molecule has 1 aromatic heterocycles. The Morgan fingerprint density at radius 1 is 1.06 bits per heavy atom. The Labute approximate surface area is 211 Å². The molecule has 1 fully saturated rings. The van der Waals surface area contributed by atoms with Gasteiger partial charge in [-0.3, -0.25) is 0 Å². The van der Waals surface area contributed by atoms with Crippen molar-refractivity contribution in [1.82, 2.24) is 15.6 Å². The van der Waals surface area contributed by atoms with Gasteiger partial charge in [-0.15, -0.1) is 24.0 Å². The van der Waals surface area contributed by atoms with Gasteiger partial charge in [-0.2, -0.15) is 0 Å². The van der Waals surface area contributed by atoms with E-state index in [1.807, 2.05) is 49.4 Å². The van der Waals surface area contributed by atoms with Gasteiger partial charge in [-0.25, -0.2) is 14.4 Å². The van der Waals surface area contributed by atoms with Gasteiger partial charge in [0.25, 0.3) is 0 Å². The molecule has 1 aliphatic heterocycles. The molecule has 1 saturated heterocycles. The second kappa shape index (κ2) is 12.1. The van der Waals surface area contributed by atoms with E-state index in [1.165, 1.54) is 12.1 Å². The van der Waals surface area contributed by atoms with Crippen LogP contribution in [-0.4, -0.2) is 37.2 Å². The predicted octanol–water partition coefficient (Wildman–Crippen LogP) is 4.90. The van der Waals surface area contributed by atoms with Crippen molar-refractivity contribution >= 4 is 29.9 Å². The van der Waals surface area contributed by atoms with E-state index in [-0.39, 0.29) is 35.2 Å². The summed E-state index contributed by atoms with van der Waals surface area (Å²) in [5.74, 6) is 1.08. The largest absolute Gasteiger partial charge is 0.444 e. The minimum absolute atomic E-state index is 0. The quantitative estimate of drug-likeness (QED) is 0.243. The van der Waals surface area contributed by atoms with Crippen molar-refractivity contribution in [3.63, 3.8) is 0 Å². The summed E-state index contributed by atoms with van der Waals surface area (Å²) < 4.78 is 24.7. The van der Waals surface area contributed by atoms with Crippen LogP contribution in [-0.2, 0) is 16.7 Å². The lowest BCUT2D eigenvalue weighted by atomic mass is 9.74. The van der Waals surface area contributed by atoms with Crippen LogP contribution in [0.3, 0.4) is 0 Å². The van der Waals surface area contributed by atoms with E-state index in [0.29, 0.717) is 38.2 Å². The maximum atomic E-state index is 13.5. The second-order valence-corrected chi connectivity index (χ2v) is 7.96. The summed E-state index contributed by atoms with van der Waals surface area (Å²) in [5.41, 5.74) is 2.69. The third-order valence-electron chi connectivity index (χ3n) is 5.82. The number of nitrogens with zero attached hydrogens (tertiary/aromatic N) is 2. The van der Waals surface area contributed by atoms with Gasteiger partial charge in [0.15, 0.2) is 5.96 Å². The molecule has 33 heavy (non-hydrogen) atoms. The van der Waals surface area contributed by atoms with E-state index in [4.69, 9.17) is 14.1 Å². The number of oxazole rings is 1. The monoisotopic (exact) mass is 564 g/mol. The smallest absolute Gasteiger partial charge is 0.226 e. The normalized spacial score (nSPS) is 15.5. The summed E-state index contributed by atoms with van der Waals surface area (Å²) in [6.07, 6.45) is 3.39. The Kier molecular flexibility index (Phi) is 9.25. The number of aromatic nitrogens is 1. The lowest BCUT2D eigenvalue weighted by Gasteiger charge is -2.38. The van der Waals surface area contributed by atoms with Gasteiger partial charge < -0.3 is 19.8 Å². The molecule has 0 bridgehead atoms. The van der Waals surface area contributed by atoms with Crippen molar-refractivity contribution in [3.05, 3.63) is 77.9 Å². The summed E-state index contributed by atoms with van der Waals surface area (Å²) >= 11 is 0. The van der Waals surface area contributed by atoms with Crippen LogP contribution in [0.15, 0.2) is 70.3 Å². The highest BCUT2D eigenvalue weighted by Crippen LogP contribution is 2.34. The van der Waals surface area contributed by atoms with Crippen molar-refractivity contribution in [2.45, 2.75) is 31.7 Å². The third-order valence-corrected chi connectivity index (χ3v) is 5.82. The van der Waals surface area contributed by atoms with E-state index in [2.05, 4.69) is 15.6 Å². The fraction of sp³-hybridized carbons (Fsp3) is 0.360. The number of benzene rings is 2. The number of aliphatic imine (C=N–C) groups is 1. The van der Waals surface area contributed by atoms with Gasteiger partial charge in [0.1, 0.15) is 17.8 Å². The first-order valence-electron chi connectivity index (χ1n) is 11.0. The van der Waals surface area contributed by atoms with Gasteiger partial charge in [-0.1, -0.05) is 30.3 Å². The van der Waals surface area contributed by atoms with E-state index in [0.717, 1.165) is 36.2 Å². The van der Waals surface area contributed by atoms with Crippen LogP contribution >= 0.6 is 24.0 Å². The van der Waals surface area contributed by atoms with Gasteiger partial charge in [-0.05, 0) is 49.6 Å². The maximum Gasteiger partial charge on any atom is 0.226 e. The molecule has 8 heteroatoms. The first kappa shape index (κ1) is 25.2. The molecular weight excluding hydrogens is 534 g/mol. The molecule has 2 heterocycles. The lowest BCUT2D eigenvalue weighted by molar-refractivity contribution is 0.0513. The van der Waals surface area contributed by atoms with Gasteiger partial charge in [0.05, 0.1) is 6.54 Å². The molecule has 0 amide bonds. The molecule has 0 saturated carbocycles. The van der Waals surface area contributed by atoms with Crippen molar-refractivity contribution in [1.29, 1.82) is 0 Å². The maximum absolute atomic E-state index is 13.5. The zero-order valence-corrected chi connectivity index (χ0v) is 21.1. The van der Waals surface area contributed by atoms with E-state index in [9.17, 15) is 4.39 Å². The topological polar surface area (TPSA) is 71.7 Å². The highest BCUT2D eigenvalue weighted by molar-refractivity contribution is 14.0. The van der Waals surface area contributed by atoms with E-state index >= 15 is 0 Å². The summed E-state index contributed by atoms with van der Waals surface area (Å²) in [6, 6.07) is 16.6. The molecule has 0 radical (unpaired) electrons. The Hall–Kier alpha value is -2.46. The Bertz CT molecular complexity index is 1020. The molecule has 3 aromatic rings. The molecule has 1 aliphatic rings. The Morgan fingerprint density at radius 3 is 2.48 bits per heavy atom. The van der Waals surface area contributed by atoms with Gasteiger partial charge in [0.2, 0.25) is 5.89 Å². The van der Waals surface area contributed by atoms with Crippen molar-refractivity contribution in [2.75, 3.05) is 26.3 Å². The summed E-state index contributed by atoms with van der Waals surface area (Å²) in [4.78, 5) is 9.25. The van der Waals surface area contributed by atoms with Crippen molar-refractivity contribution in [3.8, 4) is 11.5 Å². The highest BCUT2D eigenvalue weighted by Gasteiger charge is 2.34. The van der Waals surface area contributed by atoms with Crippen LogP contribution in [0, 0.1) is 5.82 Å². The van der Waals surface area contributed by atoms with Gasteiger partial charge in [0, 0.05) is 37.3 Å². The molecule has 2 aromatic carbocycles. The molecule has 2 N–H and O–H groups in total.